The molecule has 0 fully saturated rings. The summed E-state index contributed by atoms with van der Waals surface area (Å²) in [7, 11) is 0. The maximum absolute atomic E-state index is 5.87. The van der Waals surface area contributed by atoms with E-state index >= 15 is 0 Å². The molecular formula is C18H30N2O. The fourth-order valence-electron chi connectivity index (χ4n) is 2.10. The normalized spacial score (nSPS) is 13.2. The van der Waals surface area contributed by atoms with E-state index < -0.39 is 0 Å². The second-order valence-electron chi connectivity index (χ2n) is 6.62. The summed E-state index contributed by atoms with van der Waals surface area (Å²) in [4.78, 5) is 0. The van der Waals surface area contributed by atoms with Gasteiger partial charge in [0.2, 0.25) is 0 Å². The third kappa shape index (κ3) is 6.42. The van der Waals surface area contributed by atoms with E-state index in [1.165, 1.54) is 11.1 Å². The highest BCUT2D eigenvalue weighted by Gasteiger charge is 2.14. The van der Waals surface area contributed by atoms with Gasteiger partial charge in [-0.3, -0.25) is 0 Å². The first-order valence-corrected chi connectivity index (χ1v) is 7.60. The highest BCUT2D eigenvalue weighted by Crippen LogP contribution is 2.23. The lowest BCUT2D eigenvalue weighted by Gasteiger charge is -2.21. The Morgan fingerprint density at radius 1 is 1.29 bits per heavy atom. The standard InChI is InChI=1S/C18H30N2O/c1-14(2)13-21-11-10-20-17(12-19)15-6-8-16(9-7-15)18(3,4)5/h6-9,17,20H,1,10-13,19H2,2-5H3. The van der Waals surface area contributed by atoms with Gasteiger partial charge in [-0.1, -0.05) is 57.2 Å². The lowest BCUT2D eigenvalue weighted by atomic mass is 9.86. The zero-order valence-electron chi connectivity index (χ0n) is 13.9. The molecule has 3 nitrogen and oxygen atoms in total. The van der Waals surface area contributed by atoms with Gasteiger partial charge >= 0.3 is 0 Å². The third-order valence-electron chi connectivity index (χ3n) is 3.40. The van der Waals surface area contributed by atoms with Crippen LogP contribution in [0.1, 0.15) is 44.9 Å². The Hall–Kier alpha value is -1.16. The van der Waals surface area contributed by atoms with Crippen LogP contribution in [0.3, 0.4) is 0 Å². The molecule has 0 aliphatic heterocycles. The second kappa shape index (κ2) is 8.32. The molecule has 1 aromatic rings. The van der Waals surface area contributed by atoms with Crippen LogP contribution in [0.5, 0.6) is 0 Å². The largest absolute Gasteiger partial charge is 0.376 e. The molecule has 3 heteroatoms. The minimum atomic E-state index is 0.174. The Morgan fingerprint density at radius 2 is 1.90 bits per heavy atom. The van der Waals surface area contributed by atoms with Crippen molar-refractivity contribution in [2.75, 3.05) is 26.3 Å². The molecule has 0 aliphatic carbocycles. The Kier molecular flexibility index (Phi) is 7.09. The third-order valence-corrected chi connectivity index (χ3v) is 3.40. The van der Waals surface area contributed by atoms with Crippen LogP contribution in [-0.2, 0) is 10.2 Å². The van der Waals surface area contributed by atoms with Crippen LogP contribution >= 0.6 is 0 Å². The Balaban J connectivity index is 2.50. The molecule has 0 radical (unpaired) electrons. The van der Waals surface area contributed by atoms with Gasteiger partial charge in [0.1, 0.15) is 0 Å². The van der Waals surface area contributed by atoms with Crippen molar-refractivity contribution in [2.24, 2.45) is 5.73 Å². The van der Waals surface area contributed by atoms with Gasteiger partial charge < -0.3 is 15.8 Å². The number of rotatable bonds is 8. The predicted octanol–water partition coefficient (Wildman–Crippen LogP) is 3.17. The van der Waals surface area contributed by atoms with Gasteiger partial charge in [0, 0.05) is 19.1 Å². The fourth-order valence-corrected chi connectivity index (χ4v) is 2.10. The van der Waals surface area contributed by atoms with E-state index in [2.05, 4.69) is 56.9 Å². The van der Waals surface area contributed by atoms with Gasteiger partial charge in [-0.2, -0.15) is 0 Å². The summed E-state index contributed by atoms with van der Waals surface area (Å²) < 4.78 is 5.49. The summed E-state index contributed by atoms with van der Waals surface area (Å²) in [6.07, 6.45) is 0. The van der Waals surface area contributed by atoms with Crippen LogP contribution in [0.4, 0.5) is 0 Å². The van der Waals surface area contributed by atoms with Gasteiger partial charge in [0.05, 0.1) is 13.2 Å². The summed E-state index contributed by atoms with van der Waals surface area (Å²) >= 11 is 0. The highest BCUT2D eigenvalue weighted by molar-refractivity contribution is 5.29. The molecule has 0 aromatic heterocycles. The molecule has 3 N–H and O–H groups in total. The van der Waals surface area contributed by atoms with Crippen LogP contribution in [-0.4, -0.2) is 26.3 Å². The van der Waals surface area contributed by atoms with Crippen molar-refractivity contribution in [1.82, 2.24) is 5.32 Å². The van der Waals surface area contributed by atoms with Crippen LogP contribution in [0, 0.1) is 0 Å². The van der Waals surface area contributed by atoms with Crippen LogP contribution in [0.25, 0.3) is 0 Å². The van der Waals surface area contributed by atoms with Crippen molar-refractivity contribution >= 4 is 0 Å². The molecular weight excluding hydrogens is 260 g/mol. The maximum atomic E-state index is 5.87. The van der Waals surface area contributed by atoms with E-state index in [1.54, 1.807) is 0 Å². The number of hydrogen-bond donors (Lipinski definition) is 2. The molecule has 0 aliphatic rings. The van der Waals surface area contributed by atoms with E-state index in [9.17, 15) is 0 Å². The Bertz CT molecular complexity index is 432. The van der Waals surface area contributed by atoms with Gasteiger partial charge in [0.25, 0.3) is 0 Å². The minimum absolute atomic E-state index is 0.174. The van der Waals surface area contributed by atoms with Gasteiger partial charge in [-0.25, -0.2) is 0 Å². The van der Waals surface area contributed by atoms with E-state index in [0.717, 1.165) is 12.1 Å². The van der Waals surface area contributed by atoms with Crippen LogP contribution < -0.4 is 11.1 Å². The first-order valence-electron chi connectivity index (χ1n) is 7.60. The SMILES string of the molecule is C=C(C)COCCNC(CN)c1ccc(C(C)(C)C)cc1. The van der Waals surface area contributed by atoms with Crippen LogP contribution in [0.2, 0.25) is 0 Å². The van der Waals surface area contributed by atoms with Crippen molar-refractivity contribution in [3.05, 3.63) is 47.5 Å². The van der Waals surface area contributed by atoms with Crippen molar-refractivity contribution < 1.29 is 4.74 Å². The summed E-state index contributed by atoms with van der Waals surface area (Å²) in [6, 6.07) is 8.89. The topological polar surface area (TPSA) is 47.3 Å². The monoisotopic (exact) mass is 290 g/mol. The zero-order chi connectivity index (χ0) is 15.9. The minimum Gasteiger partial charge on any atom is -0.376 e. The van der Waals surface area contributed by atoms with Gasteiger partial charge in [0.15, 0.2) is 0 Å². The summed E-state index contributed by atoms with van der Waals surface area (Å²) in [5, 5.41) is 3.44. The molecule has 1 atom stereocenters. The lowest BCUT2D eigenvalue weighted by Crippen LogP contribution is -2.31. The zero-order valence-corrected chi connectivity index (χ0v) is 13.9. The summed E-state index contributed by atoms with van der Waals surface area (Å²) in [5.74, 6) is 0. The van der Waals surface area contributed by atoms with Gasteiger partial charge in [-0.05, 0) is 23.5 Å². The van der Waals surface area contributed by atoms with Gasteiger partial charge in [-0.15, -0.1) is 0 Å². The van der Waals surface area contributed by atoms with E-state index in [0.29, 0.717) is 19.8 Å². The molecule has 21 heavy (non-hydrogen) atoms. The molecule has 0 bridgehead atoms. The molecule has 1 rings (SSSR count). The molecule has 0 amide bonds. The number of benzene rings is 1. The number of nitrogens with two attached hydrogens (primary N) is 1. The average Bonchev–Trinajstić information content (AvgIpc) is 2.42. The molecule has 1 aromatic carbocycles. The summed E-state index contributed by atoms with van der Waals surface area (Å²) in [6.45, 7) is 15.1. The molecule has 0 saturated carbocycles. The first kappa shape index (κ1) is 17.9. The number of nitrogens with one attached hydrogen (secondary N) is 1. The van der Waals surface area contributed by atoms with E-state index in [4.69, 9.17) is 10.5 Å². The molecule has 0 spiro atoms. The summed E-state index contributed by atoms with van der Waals surface area (Å²) in [5.41, 5.74) is 9.67. The molecule has 0 heterocycles. The fraction of sp³-hybridized carbons (Fsp3) is 0.556. The van der Waals surface area contributed by atoms with Crippen molar-refractivity contribution in [3.8, 4) is 0 Å². The molecule has 118 valence electrons. The highest BCUT2D eigenvalue weighted by atomic mass is 16.5. The van der Waals surface area contributed by atoms with E-state index in [-0.39, 0.29) is 11.5 Å². The van der Waals surface area contributed by atoms with Crippen LogP contribution in [0.15, 0.2) is 36.4 Å². The molecule has 1 unspecified atom stereocenters. The Labute approximate surface area is 129 Å². The maximum Gasteiger partial charge on any atom is 0.0672 e. The predicted molar refractivity (Wildman–Crippen MR) is 90.6 cm³/mol. The van der Waals surface area contributed by atoms with Crippen molar-refractivity contribution in [1.29, 1.82) is 0 Å². The molecule has 0 saturated heterocycles. The second-order valence-corrected chi connectivity index (χ2v) is 6.62. The number of hydrogen-bond acceptors (Lipinski definition) is 3. The van der Waals surface area contributed by atoms with Crippen molar-refractivity contribution in [3.63, 3.8) is 0 Å². The lowest BCUT2D eigenvalue weighted by molar-refractivity contribution is 0.155. The Morgan fingerprint density at radius 3 is 2.38 bits per heavy atom. The smallest absolute Gasteiger partial charge is 0.0672 e. The van der Waals surface area contributed by atoms with E-state index in [1.807, 2.05) is 6.92 Å². The quantitative estimate of drug-likeness (QED) is 0.571. The number of ether oxygens (including phenoxy) is 1. The first-order chi connectivity index (χ1) is 9.84. The van der Waals surface area contributed by atoms with Crippen molar-refractivity contribution in [2.45, 2.75) is 39.2 Å². The average molecular weight is 290 g/mol.